The van der Waals surface area contributed by atoms with E-state index in [4.69, 9.17) is 11.6 Å². The van der Waals surface area contributed by atoms with Crippen molar-refractivity contribution in [2.24, 2.45) is 0 Å². The number of aromatic nitrogens is 2. The van der Waals surface area contributed by atoms with Crippen LogP contribution in [-0.2, 0) is 0 Å². The predicted octanol–water partition coefficient (Wildman–Crippen LogP) is 5.04. The van der Waals surface area contributed by atoms with Crippen molar-refractivity contribution >= 4 is 29.2 Å². The van der Waals surface area contributed by atoms with Gasteiger partial charge in [-0.15, -0.1) is 0 Å². The van der Waals surface area contributed by atoms with E-state index in [2.05, 4.69) is 35.4 Å². The van der Waals surface area contributed by atoms with E-state index in [9.17, 15) is 0 Å². The summed E-state index contributed by atoms with van der Waals surface area (Å²) in [6.07, 6.45) is 8.85. The lowest BCUT2D eigenvalue weighted by Gasteiger charge is -2.36. The Morgan fingerprint density at radius 1 is 1.24 bits per heavy atom. The summed E-state index contributed by atoms with van der Waals surface area (Å²) in [6, 6.07) is 0. The van der Waals surface area contributed by atoms with Crippen molar-refractivity contribution in [2.45, 2.75) is 63.5 Å². The van der Waals surface area contributed by atoms with Crippen LogP contribution in [0.25, 0.3) is 0 Å². The quantitative estimate of drug-likeness (QED) is 0.769. The van der Waals surface area contributed by atoms with Crippen molar-refractivity contribution in [1.82, 2.24) is 9.97 Å². The van der Waals surface area contributed by atoms with Crippen LogP contribution in [-0.4, -0.2) is 27.5 Å². The van der Waals surface area contributed by atoms with Crippen LogP contribution in [0, 0.1) is 6.92 Å². The Labute approximate surface area is 137 Å². The number of nitrogens with one attached hydrogen (secondary N) is 1. The Morgan fingerprint density at radius 2 is 1.90 bits per heavy atom. The van der Waals surface area contributed by atoms with Crippen molar-refractivity contribution in [1.29, 1.82) is 0 Å². The number of hydrogen-bond donors (Lipinski definition) is 1. The lowest BCUT2D eigenvalue weighted by atomic mass is 9.88. The monoisotopic (exact) mass is 327 g/mol. The minimum Gasteiger partial charge on any atom is -0.368 e. The van der Waals surface area contributed by atoms with Gasteiger partial charge in [-0.25, -0.2) is 9.97 Å². The Hall–Kier alpha value is -0.480. The topological polar surface area (TPSA) is 37.8 Å². The van der Waals surface area contributed by atoms with E-state index >= 15 is 0 Å². The molecule has 1 saturated carbocycles. The van der Waals surface area contributed by atoms with Crippen LogP contribution in [0.15, 0.2) is 0 Å². The standard InChI is InChI=1S/C16H26ClN3S/c1-11(2)14-19-13(17)12(3)15(20-14)18-10-16(21-4)8-6-5-7-9-16/h11H,5-10H2,1-4H3,(H,18,19,20). The van der Waals surface area contributed by atoms with Crippen LogP contribution in [0.2, 0.25) is 5.15 Å². The number of anilines is 1. The summed E-state index contributed by atoms with van der Waals surface area (Å²) in [5.41, 5.74) is 0.952. The van der Waals surface area contributed by atoms with E-state index in [1.807, 2.05) is 18.7 Å². The second-order valence-electron chi connectivity index (χ2n) is 6.30. The van der Waals surface area contributed by atoms with Gasteiger partial charge in [-0.3, -0.25) is 0 Å². The number of hydrogen-bond acceptors (Lipinski definition) is 4. The molecule has 0 saturated heterocycles. The lowest BCUT2D eigenvalue weighted by molar-refractivity contribution is 0.411. The molecule has 0 aliphatic heterocycles. The summed E-state index contributed by atoms with van der Waals surface area (Å²) >= 11 is 8.25. The second kappa shape index (κ2) is 7.19. The SMILES string of the molecule is CSC1(CNc2nc(C(C)C)nc(Cl)c2C)CCCCC1. The van der Waals surface area contributed by atoms with Crippen LogP contribution >= 0.6 is 23.4 Å². The van der Waals surface area contributed by atoms with Gasteiger partial charge in [0.1, 0.15) is 16.8 Å². The summed E-state index contributed by atoms with van der Waals surface area (Å²) in [5, 5.41) is 4.12. The third-order valence-corrected chi connectivity index (χ3v) is 6.18. The Balaban J connectivity index is 2.15. The molecule has 1 N–H and O–H groups in total. The largest absolute Gasteiger partial charge is 0.368 e. The molecule has 2 rings (SSSR count). The van der Waals surface area contributed by atoms with Crippen molar-refractivity contribution in [3.63, 3.8) is 0 Å². The summed E-state index contributed by atoms with van der Waals surface area (Å²) < 4.78 is 0.347. The highest BCUT2D eigenvalue weighted by Crippen LogP contribution is 2.38. The average Bonchev–Trinajstić information content (AvgIpc) is 2.49. The van der Waals surface area contributed by atoms with Crippen molar-refractivity contribution in [3.8, 4) is 0 Å². The second-order valence-corrected chi connectivity index (χ2v) is 7.93. The van der Waals surface area contributed by atoms with Crippen LogP contribution in [0.4, 0.5) is 5.82 Å². The highest BCUT2D eigenvalue weighted by atomic mass is 35.5. The van der Waals surface area contributed by atoms with E-state index in [0.29, 0.717) is 9.90 Å². The molecule has 0 aromatic carbocycles. The summed E-state index contributed by atoms with van der Waals surface area (Å²) in [6.45, 7) is 7.13. The number of nitrogens with zero attached hydrogens (tertiary/aromatic N) is 2. The van der Waals surface area contributed by atoms with E-state index in [1.54, 1.807) is 0 Å². The number of halogens is 1. The summed E-state index contributed by atoms with van der Waals surface area (Å²) in [5.74, 6) is 2.00. The van der Waals surface area contributed by atoms with E-state index in [1.165, 1.54) is 32.1 Å². The van der Waals surface area contributed by atoms with Crippen LogP contribution in [0.3, 0.4) is 0 Å². The third kappa shape index (κ3) is 4.04. The van der Waals surface area contributed by atoms with Gasteiger partial charge >= 0.3 is 0 Å². The molecule has 1 aromatic heterocycles. The maximum Gasteiger partial charge on any atom is 0.137 e. The van der Waals surface area contributed by atoms with E-state index in [-0.39, 0.29) is 5.92 Å². The Bertz CT molecular complexity index is 485. The average molecular weight is 328 g/mol. The van der Waals surface area contributed by atoms with Crippen LogP contribution < -0.4 is 5.32 Å². The smallest absolute Gasteiger partial charge is 0.137 e. The molecule has 1 aromatic rings. The third-order valence-electron chi connectivity index (χ3n) is 4.40. The maximum absolute atomic E-state index is 6.26. The fourth-order valence-electron chi connectivity index (χ4n) is 2.83. The summed E-state index contributed by atoms with van der Waals surface area (Å²) in [7, 11) is 0. The highest BCUT2D eigenvalue weighted by Gasteiger charge is 2.31. The first-order valence-electron chi connectivity index (χ1n) is 7.80. The zero-order valence-electron chi connectivity index (χ0n) is 13.5. The molecule has 0 spiro atoms. The molecule has 0 bridgehead atoms. The lowest BCUT2D eigenvalue weighted by Crippen LogP contribution is -2.36. The first kappa shape index (κ1) is 16.9. The molecule has 0 unspecified atom stereocenters. The first-order chi connectivity index (χ1) is 9.97. The van der Waals surface area contributed by atoms with Gasteiger partial charge in [-0.2, -0.15) is 11.8 Å². The molecule has 1 aliphatic rings. The van der Waals surface area contributed by atoms with Gasteiger partial charge < -0.3 is 5.32 Å². The van der Waals surface area contributed by atoms with Gasteiger partial charge in [0, 0.05) is 22.8 Å². The molecule has 5 heteroatoms. The number of thioether (sulfide) groups is 1. The fourth-order valence-corrected chi connectivity index (χ4v) is 3.92. The molecular weight excluding hydrogens is 302 g/mol. The van der Waals surface area contributed by atoms with Gasteiger partial charge in [0.15, 0.2) is 0 Å². The zero-order valence-corrected chi connectivity index (χ0v) is 15.1. The van der Waals surface area contributed by atoms with Crippen LogP contribution in [0.5, 0.6) is 0 Å². The molecule has 1 heterocycles. The minimum atomic E-state index is 0.285. The predicted molar refractivity (Wildman–Crippen MR) is 93.7 cm³/mol. The van der Waals surface area contributed by atoms with Gasteiger partial charge in [0.25, 0.3) is 0 Å². The van der Waals surface area contributed by atoms with Crippen molar-refractivity contribution in [3.05, 3.63) is 16.5 Å². The maximum atomic E-state index is 6.26. The highest BCUT2D eigenvalue weighted by molar-refractivity contribution is 8.00. The van der Waals surface area contributed by atoms with Gasteiger partial charge in [0.2, 0.25) is 0 Å². The molecule has 0 atom stereocenters. The van der Waals surface area contributed by atoms with Crippen molar-refractivity contribution < 1.29 is 0 Å². The van der Waals surface area contributed by atoms with Crippen molar-refractivity contribution in [2.75, 3.05) is 18.1 Å². The molecule has 0 amide bonds. The Kier molecular flexibility index (Phi) is 5.78. The molecule has 3 nitrogen and oxygen atoms in total. The molecule has 1 fully saturated rings. The van der Waals surface area contributed by atoms with E-state index < -0.39 is 0 Å². The minimum absolute atomic E-state index is 0.285. The van der Waals surface area contributed by atoms with Crippen LogP contribution in [0.1, 0.15) is 63.3 Å². The normalized spacial score (nSPS) is 18.0. The molecule has 21 heavy (non-hydrogen) atoms. The van der Waals surface area contributed by atoms with Gasteiger partial charge in [0.05, 0.1) is 0 Å². The molecule has 0 radical (unpaired) electrons. The first-order valence-corrected chi connectivity index (χ1v) is 9.41. The Morgan fingerprint density at radius 3 is 2.48 bits per heavy atom. The fraction of sp³-hybridized carbons (Fsp3) is 0.750. The molecular formula is C16H26ClN3S. The summed E-state index contributed by atoms with van der Waals surface area (Å²) in [4.78, 5) is 9.04. The molecule has 1 aliphatic carbocycles. The van der Waals surface area contributed by atoms with Gasteiger partial charge in [-0.05, 0) is 26.0 Å². The number of rotatable bonds is 5. The van der Waals surface area contributed by atoms with E-state index in [0.717, 1.165) is 23.8 Å². The van der Waals surface area contributed by atoms with Gasteiger partial charge in [-0.1, -0.05) is 44.7 Å². The molecule has 118 valence electrons. The zero-order chi connectivity index (χ0) is 15.5.